The lowest BCUT2D eigenvalue weighted by molar-refractivity contribution is -0.138. The number of nitrogens with one attached hydrogen (secondary N) is 1. The van der Waals surface area contributed by atoms with Crippen LogP contribution in [0.25, 0.3) is 11.4 Å². The summed E-state index contributed by atoms with van der Waals surface area (Å²) < 4.78 is 133. The maximum absolute atomic E-state index is 13.6. The van der Waals surface area contributed by atoms with Crippen molar-refractivity contribution in [2.75, 3.05) is 32.8 Å². The van der Waals surface area contributed by atoms with Crippen molar-refractivity contribution < 1.29 is 58.3 Å². The highest BCUT2D eigenvalue weighted by molar-refractivity contribution is 5.82. The van der Waals surface area contributed by atoms with Gasteiger partial charge in [-0.25, -0.2) is 0 Å². The smallest absolute Gasteiger partial charge is 0.416 e. The predicted octanol–water partition coefficient (Wildman–Crippen LogP) is 7.82. The van der Waals surface area contributed by atoms with Crippen LogP contribution in [0.5, 0.6) is 11.5 Å². The minimum atomic E-state index is -4.55. The van der Waals surface area contributed by atoms with Crippen LogP contribution >= 0.6 is 0 Å². The fraction of sp³-hybridized carbons (Fsp3) is 0.364. The summed E-state index contributed by atoms with van der Waals surface area (Å²) >= 11 is 0. The van der Waals surface area contributed by atoms with Gasteiger partial charge in [0.1, 0.15) is 18.1 Å². The first-order chi connectivity index (χ1) is 23.6. The molecule has 5 rings (SSSR count). The van der Waals surface area contributed by atoms with Crippen LogP contribution in [-0.2, 0) is 23.3 Å². The monoisotopic (exact) mass is 716 g/mol. The summed E-state index contributed by atoms with van der Waals surface area (Å²) in [5, 5.41) is 6.56. The molecule has 0 spiro atoms. The van der Waals surface area contributed by atoms with Crippen LogP contribution in [0.4, 0.5) is 39.5 Å². The molecule has 1 aromatic heterocycles. The quantitative estimate of drug-likeness (QED) is 0.125. The zero-order valence-corrected chi connectivity index (χ0v) is 25.9. The number of nitrogens with zero attached hydrogens (tertiary/aromatic N) is 3. The van der Waals surface area contributed by atoms with E-state index in [1.165, 1.54) is 24.3 Å². The molecule has 1 aliphatic heterocycles. The van der Waals surface area contributed by atoms with Gasteiger partial charge in [-0.05, 0) is 80.1 Å². The Morgan fingerprint density at radius 3 is 1.86 bits per heavy atom. The Labute approximate surface area is 279 Å². The van der Waals surface area contributed by atoms with Crippen molar-refractivity contribution in [1.82, 2.24) is 20.4 Å². The molecule has 8 nitrogen and oxygen atoms in total. The normalized spacial score (nSPS) is 16.5. The number of likely N-dealkylation sites (tertiary alicyclic amines) is 1. The lowest BCUT2D eigenvalue weighted by Gasteiger charge is -2.35. The molecule has 4 aromatic rings. The van der Waals surface area contributed by atoms with Crippen LogP contribution in [0.2, 0.25) is 0 Å². The Morgan fingerprint density at radius 2 is 1.32 bits per heavy atom. The van der Waals surface area contributed by atoms with E-state index >= 15 is 0 Å². The molecule has 0 saturated carbocycles. The Kier molecular flexibility index (Phi) is 10.9. The number of rotatable bonds is 11. The molecule has 1 saturated heterocycles. The zero-order valence-electron chi connectivity index (χ0n) is 25.9. The van der Waals surface area contributed by atoms with Crippen LogP contribution in [0.15, 0.2) is 77.3 Å². The van der Waals surface area contributed by atoms with E-state index in [0.29, 0.717) is 19.4 Å². The maximum atomic E-state index is 13.6. The summed E-state index contributed by atoms with van der Waals surface area (Å²) in [5.74, 6) is -0.583. The predicted molar refractivity (Wildman–Crippen MR) is 159 cm³/mol. The number of aromatic nitrogens is 2. The average molecular weight is 717 g/mol. The van der Waals surface area contributed by atoms with E-state index in [4.69, 9.17) is 14.0 Å². The number of carbonyl (C=O) groups excluding carboxylic acids is 1. The second kappa shape index (κ2) is 15.0. The van der Waals surface area contributed by atoms with Gasteiger partial charge >= 0.3 is 18.5 Å². The summed E-state index contributed by atoms with van der Waals surface area (Å²) in [6, 6.07) is 11.2. The van der Waals surface area contributed by atoms with Crippen LogP contribution < -0.4 is 14.8 Å². The van der Waals surface area contributed by atoms with E-state index in [0.717, 1.165) is 48.5 Å². The van der Waals surface area contributed by atoms with Gasteiger partial charge in [-0.2, -0.15) is 44.5 Å². The van der Waals surface area contributed by atoms with Gasteiger partial charge in [0, 0.05) is 18.0 Å². The van der Waals surface area contributed by atoms with Crippen molar-refractivity contribution in [1.29, 1.82) is 0 Å². The third kappa shape index (κ3) is 9.46. The van der Waals surface area contributed by atoms with E-state index in [1.807, 2.05) is 0 Å². The minimum Gasteiger partial charge on any atom is -0.493 e. The molecule has 2 atom stereocenters. The number of halogens is 9. The summed E-state index contributed by atoms with van der Waals surface area (Å²) in [6.07, 6.45) is -12.3. The maximum Gasteiger partial charge on any atom is 0.416 e. The van der Waals surface area contributed by atoms with Gasteiger partial charge in [0.25, 0.3) is 5.89 Å². The number of amides is 1. The summed E-state index contributed by atoms with van der Waals surface area (Å²) in [5.41, 5.74) is -2.33. The largest absolute Gasteiger partial charge is 0.493 e. The number of ether oxygens (including phenoxy) is 2. The van der Waals surface area contributed by atoms with Gasteiger partial charge in [0.05, 0.1) is 29.8 Å². The number of hydrogen-bond acceptors (Lipinski definition) is 7. The van der Waals surface area contributed by atoms with E-state index < -0.39 is 47.2 Å². The molecule has 3 aromatic carbocycles. The fourth-order valence-electron chi connectivity index (χ4n) is 5.31. The molecule has 1 unspecified atom stereocenters. The zero-order chi connectivity index (χ0) is 36.1. The second-order valence-corrected chi connectivity index (χ2v) is 11.4. The molecule has 268 valence electrons. The second-order valence-electron chi connectivity index (χ2n) is 11.4. The highest BCUT2D eigenvalue weighted by atomic mass is 19.4. The summed E-state index contributed by atoms with van der Waals surface area (Å²) in [6.45, 7) is 0.629. The number of piperidine rings is 1. The third-order valence-corrected chi connectivity index (χ3v) is 7.83. The highest BCUT2D eigenvalue weighted by Gasteiger charge is 2.37. The highest BCUT2D eigenvalue weighted by Crippen LogP contribution is 2.34. The fourth-order valence-corrected chi connectivity index (χ4v) is 5.31. The van der Waals surface area contributed by atoms with Crippen molar-refractivity contribution >= 4 is 5.91 Å². The van der Waals surface area contributed by atoms with Gasteiger partial charge in [-0.3, -0.25) is 9.69 Å². The van der Waals surface area contributed by atoms with E-state index in [1.54, 1.807) is 4.90 Å². The van der Waals surface area contributed by atoms with Crippen molar-refractivity contribution in [3.63, 3.8) is 0 Å². The van der Waals surface area contributed by atoms with Crippen LogP contribution in [0, 0.1) is 5.92 Å². The SMILES string of the molecule is O=C(NCCOc1ccc(C(F)(F)F)cc1)C(c1nc(-c2ccc(C(F)(F)F)cc2)no1)N1CCC[C@@H](COc2ccc(C(F)(F)F)cc2)C1. The van der Waals surface area contributed by atoms with Gasteiger partial charge in [0.15, 0.2) is 6.04 Å². The van der Waals surface area contributed by atoms with Crippen molar-refractivity contribution in [2.24, 2.45) is 5.92 Å². The molecule has 0 aliphatic carbocycles. The first-order valence-electron chi connectivity index (χ1n) is 15.2. The van der Waals surface area contributed by atoms with Crippen molar-refractivity contribution in [3.05, 3.63) is 95.4 Å². The Bertz CT molecular complexity index is 1710. The standard InChI is InChI=1S/C33H29F9N4O4/c34-31(35,36)22-5-3-21(4-6-22)28-44-30(50-45-28)27(29(47)43-15-17-48-25-11-7-23(8-12-25)32(37,38)39)46-16-1-2-20(18-46)19-49-26-13-9-24(10-14-26)33(40,41)42/h3-14,20,27H,1-2,15-19H2,(H,43,47)/t20-,27?/m1/s1. The molecule has 1 fully saturated rings. The molecular formula is C33H29F9N4O4. The summed E-state index contributed by atoms with van der Waals surface area (Å²) in [7, 11) is 0. The molecule has 2 heterocycles. The number of hydrogen-bond donors (Lipinski definition) is 1. The van der Waals surface area contributed by atoms with Crippen molar-refractivity contribution in [2.45, 2.75) is 37.4 Å². The molecule has 17 heteroatoms. The number of alkyl halides is 9. The Balaban J connectivity index is 1.27. The lowest BCUT2D eigenvalue weighted by atomic mass is 9.97. The summed E-state index contributed by atoms with van der Waals surface area (Å²) in [4.78, 5) is 19.7. The van der Waals surface area contributed by atoms with Gasteiger partial charge < -0.3 is 19.3 Å². The minimum absolute atomic E-state index is 0.0589. The lowest BCUT2D eigenvalue weighted by Crippen LogP contribution is -2.46. The Morgan fingerprint density at radius 1 is 0.800 bits per heavy atom. The average Bonchev–Trinajstić information content (AvgIpc) is 3.55. The first kappa shape index (κ1) is 36.5. The van der Waals surface area contributed by atoms with Crippen LogP contribution in [0.3, 0.4) is 0 Å². The number of benzene rings is 3. The van der Waals surface area contributed by atoms with Gasteiger partial charge in [-0.1, -0.05) is 17.3 Å². The molecule has 1 aliphatic rings. The number of carbonyl (C=O) groups is 1. The topological polar surface area (TPSA) is 89.7 Å². The molecule has 1 amide bonds. The first-order valence-corrected chi connectivity index (χ1v) is 15.2. The van der Waals surface area contributed by atoms with E-state index in [2.05, 4.69) is 15.5 Å². The van der Waals surface area contributed by atoms with E-state index in [9.17, 15) is 44.3 Å². The Hall–Kier alpha value is -4.80. The van der Waals surface area contributed by atoms with Crippen molar-refractivity contribution in [3.8, 4) is 22.9 Å². The molecule has 50 heavy (non-hydrogen) atoms. The van der Waals surface area contributed by atoms with E-state index in [-0.39, 0.29) is 61.0 Å². The molecule has 0 bridgehead atoms. The molecule has 1 N–H and O–H groups in total. The van der Waals surface area contributed by atoms with Gasteiger partial charge in [0.2, 0.25) is 11.7 Å². The van der Waals surface area contributed by atoms with Crippen LogP contribution in [-0.4, -0.2) is 53.8 Å². The molecular weight excluding hydrogens is 687 g/mol. The third-order valence-electron chi connectivity index (χ3n) is 7.83. The van der Waals surface area contributed by atoms with Crippen LogP contribution in [0.1, 0.15) is 41.5 Å². The van der Waals surface area contributed by atoms with Gasteiger partial charge in [-0.15, -0.1) is 0 Å². The molecule has 0 radical (unpaired) electrons.